The Hall–Kier alpha value is -3.50. The molecule has 0 radical (unpaired) electrons. The van der Waals surface area contributed by atoms with E-state index in [-0.39, 0.29) is 23.7 Å². The highest BCUT2D eigenvalue weighted by atomic mass is 16.3. The van der Waals surface area contributed by atoms with E-state index in [0.717, 1.165) is 37.8 Å². The van der Waals surface area contributed by atoms with Gasteiger partial charge in [0.15, 0.2) is 22.8 Å². The summed E-state index contributed by atoms with van der Waals surface area (Å²) in [5.74, 6) is 1.43. The molecule has 0 saturated carbocycles. The topological polar surface area (TPSA) is 106 Å². The van der Waals surface area contributed by atoms with Gasteiger partial charge in [-0.25, -0.2) is 0 Å². The van der Waals surface area contributed by atoms with Crippen molar-refractivity contribution in [3.63, 3.8) is 0 Å². The van der Waals surface area contributed by atoms with Crippen molar-refractivity contribution in [2.45, 2.75) is 0 Å². The van der Waals surface area contributed by atoms with Gasteiger partial charge >= 0.3 is 0 Å². The van der Waals surface area contributed by atoms with Crippen molar-refractivity contribution in [2.24, 2.45) is 0 Å². The van der Waals surface area contributed by atoms with Gasteiger partial charge in [-0.15, -0.1) is 10.2 Å². The minimum Gasteiger partial charge on any atom is -0.451 e. The molecule has 0 bridgehead atoms. The van der Waals surface area contributed by atoms with Crippen LogP contribution in [0.5, 0.6) is 0 Å². The van der Waals surface area contributed by atoms with E-state index in [4.69, 9.17) is 9.52 Å². The number of aliphatic hydroxyl groups is 1. The molecule has 4 heterocycles. The Labute approximate surface area is 197 Å². The number of benzene rings is 1. The third-order valence-electron chi connectivity index (χ3n) is 6.49. The highest BCUT2D eigenvalue weighted by molar-refractivity contribution is 5.93. The van der Waals surface area contributed by atoms with Crippen LogP contribution in [0.3, 0.4) is 0 Å². The van der Waals surface area contributed by atoms with Crippen LogP contribution in [0.15, 0.2) is 51.7 Å². The molecule has 0 atom stereocenters. The molecule has 5 rings (SSSR count). The summed E-state index contributed by atoms with van der Waals surface area (Å²) in [6.45, 7) is 6.67. The molecule has 178 valence electrons. The zero-order valence-corrected chi connectivity index (χ0v) is 19.0. The summed E-state index contributed by atoms with van der Waals surface area (Å²) in [7, 11) is 0. The number of aliphatic hydroxyl groups excluding tert-OH is 1. The summed E-state index contributed by atoms with van der Waals surface area (Å²) in [5.41, 5.74) is 0.205. The average Bonchev–Trinajstić information content (AvgIpc) is 2.89. The predicted molar refractivity (Wildman–Crippen MR) is 128 cm³/mol. The van der Waals surface area contributed by atoms with Crippen LogP contribution in [-0.2, 0) is 0 Å². The zero-order valence-electron chi connectivity index (χ0n) is 19.0. The highest BCUT2D eigenvalue weighted by Gasteiger charge is 2.25. The molecule has 2 saturated heterocycles. The highest BCUT2D eigenvalue weighted by Crippen LogP contribution is 2.19. The summed E-state index contributed by atoms with van der Waals surface area (Å²) in [5, 5.41) is 18.4. The van der Waals surface area contributed by atoms with Gasteiger partial charge in [-0.3, -0.25) is 14.5 Å². The van der Waals surface area contributed by atoms with Crippen LogP contribution in [0.4, 0.5) is 11.6 Å². The summed E-state index contributed by atoms with van der Waals surface area (Å²) >= 11 is 0. The van der Waals surface area contributed by atoms with Crippen molar-refractivity contribution >= 4 is 28.5 Å². The van der Waals surface area contributed by atoms with Gasteiger partial charge in [0.25, 0.3) is 5.91 Å². The Kier molecular flexibility index (Phi) is 6.41. The smallest absolute Gasteiger partial charge is 0.289 e. The van der Waals surface area contributed by atoms with Crippen LogP contribution in [0, 0.1) is 0 Å². The fourth-order valence-corrected chi connectivity index (χ4v) is 4.50. The van der Waals surface area contributed by atoms with Crippen LogP contribution < -0.4 is 15.2 Å². The fourth-order valence-electron chi connectivity index (χ4n) is 4.50. The summed E-state index contributed by atoms with van der Waals surface area (Å²) in [6.07, 6.45) is 0. The van der Waals surface area contributed by atoms with Crippen molar-refractivity contribution < 1.29 is 14.3 Å². The van der Waals surface area contributed by atoms with E-state index in [1.165, 1.54) is 6.07 Å². The maximum Gasteiger partial charge on any atom is 0.289 e. The van der Waals surface area contributed by atoms with E-state index in [0.29, 0.717) is 43.7 Å². The van der Waals surface area contributed by atoms with Gasteiger partial charge in [-0.05, 0) is 24.3 Å². The predicted octanol–water partition coefficient (Wildman–Crippen LogP) is 0.660. The summed E-state index contributed by atoms with van der Waals surface area (Å²) in [4.78, 5) is 33.5. The number of β-amino-alcohol motifs (C(OH)–C–C–N with tert-alkyl or cyclic N) is 1. The van der Waals surface area contributed by atoms with Gasteiger partial charge in [0, 0.05) is 65.0 Å². The Balaban J connectivity index is 1.18. The summed E-state index contributed by atoms with van der Waals surface area (Å²) in [6, 6.07) is 12.2. The molecule has 2 aromatic heterocycles. The molecule has 2 aliphatic rings. The molecule has 2 fully saturated rings. The van der Waals surface area contributed by atoms with Gasteiger partial charge < -0.3 is 24.2 Å². The number of fused-ring (bicyclic) bond motifs is 1. The average molecular weight is 465 g/mol. The first kappa shape index (κ1) is 22.3. The molecule has 3 aromatic rings. The van der Waals surface area contributed by atoms with Crippen molar-refractivity contribution in [1.29, 1.82) is 0 Å². The number of amides is 1. The lowest BCUT2D eigenvalue weighted by atomic mass is 10.2. The molecular weight excluding hydrogens is 436 g/mol. The first-order valence-electron chi connectivity index (χ1n) is 11.6. The van der Waals surface area contributed by atoms with Crippen LogP contribution in [0.25, 0.3) is 11.0 Å². The molecule has 1 N–H and O–H groups in total. The van der Waals surface area contributed by atoms with Gasteiger partial charge in [0.05, 0.1) is 12.0 Å². The van der Waals surface area contributed by atoms with E-state index < -0.39 is 0 Å². The second-order valence-electron chi connectivity index (χ2n) is 8.55. The quantitative estimate of drug-likeness (QED) is 0.583. The number of carbonyl (C=O) groups is 1. The zero-order chi connectivity index (χ0) is 23.5. The number of hydrogen-bond acceptors (Lipinski definition) is 9. The molecule has 2 aliphatic heterocycles. The first-order chi connectivity index (χ1) is 16.6. The number of nitrogens with zero attached hydrogens (tertiary/aromatic N) is 6. The Morgan fingerprint density at radius 3 is 2.12 bits per heavy atom. The molecule has 10 nitrogen and oxygen atoms in total. The number of anilines is 2. The second-order valence-corrected chi connectivity index (χ2v) is 8.55. The van der Waals surface area contributed by atoms with Gasteiger partial charge in [0.2, 0.25) is 0 Å². The summed E-state index contributed by atoms with van der Waals surface area (Å²) < 4.78 is 5.71. The number of carbonyl (C=O) groups excluding carboxylic acids is 1. The number of aromatic nitrogens is 2. The molecule has 1 aromatic carbocycles. The van der Waals surface area contributed by atoms with Gasteiger partial charge in [0.1, 0.15) is 5.58 Å². The van der Waals surface area contributed by atoms with Gasteiger partial charge in [-0.2, -0.15) is 0 Å². The van der Waals surface area contributed by atoms with Crippen molar-refractivity contribution in [2.75, 3.05) is 75.3 Å². The first-order valence-corrected chi connectivity index (χ1v) is 11.6. The van der Waals surface area contributed by atoms with E-state index in [1.54, 1.807) is 29.2 Å². The van der Waals surface area contributed by atoms with E-state index in [1.807, 2.05) is 12.1 Å². The molecule has 0 unspecified atom stereocenters. The third-order valence-corrected chi connectivity index (χ3v) is 6.49. The molecular formula is C24H28N6O4. The number of para-hydroxylation sites is 1. The standard InChI is InChI=1S/C24H28N6O4/c31-16-15-27-7-9-28(10-8-27)22-5-6-23(26-25-22)29-11-13-30(14-12-29)24(33)21-17-19(32)18-3-1-2-4-20(18)34-21/h1-6,17,31H,7-16H2. The number of piperazine rings is 2. The Morgan fingerprint density at radius 1 is 0.882 bits per heavy atom. The van der Waals surface area contributed by atoms with Gasteiger partial charge in [-0.1, -0.05) is 12.1 Å². The van der Waals surface area contributed by atoms with E-state index >= 15 is 0 Å². The molecule has 10 heteroatoms. The molecule has 1 amide bonds. The number of hydrogen-bond donors (Lipinski definition) is 1. The molecule has 0 aliphatic carbocycles. The van der Waals surface area contributed by atoms with Crippen LogP contribution in [0.2, 0.25) is 0 Å². The van der Waals surface area contributed by atoms with Crippen LogP contribution in [0.1, 0.15) is 10.6 Å². The minimum atomic E-state index is -0.274. The maximum absolute atomic E-state index is 12.9. The van der Waals surface area contributed by atoms with E-state index in [9.17, 15) is 9.59 Å². The molecule has 0 spiro atoms. The third kappa shape index (κ3) is 4.59. The SMILES string of the molecule is O=C(c1cc(=O)c2ccccc2o1)N1CCN(c2ccc(N3CCN(CCO)CC3)nn2)CC1. The Bertz CT molecular complexity index is 1200. The fraction of sp³-hybridized carbons (Fsp3) is 0.417. The largest absolute Gasteiger partial charge is 0.451 e. The van der Waals surface area contributed by atoms with Crippen LogP contribution in [-0.4, -0.2) is 96.5 Å². The van der Waals surface area contributed by atoms with Crippen LogP contribution >= 0.6 is 0 Å². The lowest BCUT2D eigenvalue weighted by Crippen LogP contribution is -2.49. The van der Waals surface area contributed by atoms with Crippen molar-refractivity contribution in [3.8, 4) is 0 Å². The maximum atomic E-state index is 12.9. The monoisotopic (exact) mass is 464 g/mol. The number of rotatable bonds is 5. The Morgan fingerprint density at radius 2 is 1.50 bits per heavy atom. The second kappa shape index (κ2) is 9.78. The molecule has 34 heavy (non-hydrogen) atoms. The normalized spacial score (nSPS) is 17.4. The van der Waals surface area contributed by atoms with E-state index in [2.05, 4.69) is 24.9 Å². The minimum absolute atomic E-state index is 0.0698. The lowest BCUT2D eigenvalue weighted by Gasteiger charge is -2.36. The van der Waals surface area contributed by atoms with Crippen molar-refractivity contribution in [1.82, 2.24) is 20.0 Å². The lowest BCUT2D eigenvalue weighted by molar-refractivity contribution is 0.0715. The van der Waals surface area contributed by atoms with Crippen molar-refractivity contribution in [3.05, 3.63) is 58.4 Å².